The molecule has 1 aromatic heterocycles. The molecule has 0 radical (unpaired) electrons. The summed E-state index contributed by atoms with van der Waals surface area (Å²) < 4.78 is 6.61. The topological polar surface area (TPSA) is 57.0 Å². The Bertz CT molecular complexity index is 466. The standard InChI is InChI=1S/C10H9N3O2/c1-15-10-3-2-9(6-8(10)7-14)13-5-4-11-12-13/h2-7H,1H3. The summed E-state index contributed by atoms with van der Waals surface area (Å²) in [5.74, 6) is 0.550. The third-order valence-electron chi connectivity index (χ3n) is 2.03. The number of rotatable bonds is 3. The molecular formula is C10H9N3O2. The highest BCUT2D eigenvalue weighted by atomic mass is 16.5. The van der Waals surface area contributed by atoms with Crippen molar-refractivity contribution in [2.45, 2.75) is 0 Å². The van der Waals surface area contributed by atoms with Gasteiger partial charge in [-0.05, 0) is 18.2 Å². The number of nitrogens with zero attached hydrogens (tertiary/aromatic N) is 3. The van der Waals surface area contributed by atoms with Crippen LogP contribution in [0.3, 0.4) is 0 Å². The molecule has 0 amide bonds. The quantitative estimate of drug-likeness (QED) is 0.700. The molecule has 76 valence electrons. The van der Waals surface area contributed by atoms with Crippen molar-refractivity contribution in [2.75, 3.05) is 7.11 Å². The molecule has 0 aliphatic carbocycles. The van der Waals surface area contributed by atoms with Crippen LogP contribution in [0.25, 0.3) is 5.69 Å². The Labute approximate surface area is 86.3 Å². The van der Waals surface area contributed by atoms with E-state index in [-0.39, 0.29) is 0 Å². The zero-order chi connectivity index (χ0) is 10.7. The van der Waals surface area contributed by atoms with Crippen molar-refractivity contribution in [2.24, 2.45) is 0 Å². The lowest BCUT2D eigenvalue weighted by Crippen LogP contribution is -1.98. The number of methoxy groups -OCH3 is 1. The van der Waals surface area contributed by atoms with Crippen molar-refractivity contribution >= 4 is 6.29 Å². The first-order chi connectivity index (χ1) is 7.35. The van der Waals surface area contributed by atoms with Gasteiger partial charge in [-0.15, -0.1) is 5.10 Å². The van der Waals surface area contributed by atoms with Gasteiger partial charge in [-0.25, -0.2) is 4.68 Å². The van der Waals surface area contributed by atoms with Crippen LogP contribution in [0.1, 0.15) is 10.4 Å². The maximum absolute atomic E-state index is 10.8. The summed E-state index contributed by atoms with van der Waals surface area (Å²) >= 11 is 0. The fraction of sp³-hybridized carbons (Fsp3) is 0.100. The van der Waals surface area contributed by atoms with Crippen LogP contribution in [0.5, 0.6) is 5.75 Å². The third-order valence-corrected chi connectivity index (χ3v) is 2.03. The number of ether oxygens (including phenoxy) is 1. The summed E-state index contributed by atoms with van der Waals surface area (Å²) in [5, 5.41) is 7.52. The van der Waals surface area contributed by atoms with Gasteiger partial charge >= 0.3 is 0 Å². The van der Waals surface area contributed by atoms with Crippen molar-refractivity contribution in [1.29, 1.82) is 0 Å². The molecule has 0 spiro atoms. The van der Waals surface area contributed by atoms with Gasteiger partial charge in [-0.2, -0.15) is 0 Å². The Morgan fingerprint density at radius 3 is 2.93 bits per heavy atom. The molecule has 0 N–H and O–H groups in total. The molecule has 2 rings (SSSR count). The molecule has 5 nitrogen and oxygen atoms in total. The molecular weight excluding hydrogens is 194 g/mol. The highest BCUT2D eigenvalue weighted by Crippen LogP contribution is 2.19. The van der Waals surface area contributed by atoms with Gasteiger partial charge < -0.3 is 4.74 Å². The minimum Gasteiger partial charge on any atom is -0.496 e. The van der Waals surface area contributed by atoms with E-state index in [1.807, 2.05) is 0 Å². The predicted octanol–water partition coefficient (Wildman–Crippen LogP) is 1.09. The van der Waals surface area contributed by atoms with Crippen LogP contribution in [0, 0.1) is 0 Å². The van der Waals surface area contributed by atoms with Crippen LogP contribution in [0.15, 0.2) is 30.6 Å². The first kappa shape index (κ1) is 9.39. The van der Waals surface area contributed by atoms with Gasteiger partial charge in [0, 0.05) is 0 Å². The van der Waals surface area contributed by atoms with E-state index in [2.05, 4.69) is 10.3 Å². The highest BCUT2D eigenvalue weighted by Gasteiger charge is 2.04. The summed E-state index contributed by atoms with van der Waals surface area (Å²) in [5.41, 5.74) is 1.26. The summed E-state index contributed by atoms with van der Waals surface area (Å²) in [7, 11) is 1.53. The van der Waals surface area contributed by atoms with Crippen molar-refractivity contribution in [3.8, 4) is 11.4 Å². The zero-order valence-corrected chi connectivity index (χ0v) is 8.12. The molecule has 2 aromatic rings. The van der Waals surface area contributed by atoms with Crippen LogP contribution in [0.2, 0.25) is 0 Å². The molecule has 0 saturated carbocycles. The fourth-order valence-corrected chi connectivity index (χ4v) is 1.30. The molecule has 0 fully saturated rings. The van der Waals surface area contributed by atoms with Gasteiger partial charge in [0.25, 0.3) is 0 Å². The minimum absolute atomic E-state index is 0.491. The maximum Gasteiger partial charge on any atom is 0.153 e. The van der Waals surface area contributed by atoms with Crippen molar-refractivity contribution in [3.05, 3.63) is 36.2 Å². The van der Waals surface area contributed by atoms with E-state index in [1.54, 1.807) is 35.3 Å². The van der Waals surface area contributed by atoms with Crippen molar-refractivity contribution in [1.82, 2.24) is 15.0 Å². The zero-order valence-electron chi connectivity index (χ0n) is 8.12. The molecule has 1 aromatic carbocycles. The lowest BCUT2D eigenvalue weighted by Gasteiger charge is -2.05. The minimum atomic E-state index is 0.491. The Morgan fingerprint density at radius 2 is 2.33 bits per heavy atom. The average molecular weight is 203 g/mol. The van der Waals surface area contributed by atoms with Gasteiger partial charge in [-0.3, -0.25) is 4.79 Å². The van der Waals surface area contributed by atoms with E-state index in [0.717, 1.165) is 12.0 Å². The summed E-state index contributed by atoms with van der Waals surface area (Å²) in [6.45, 7) is 0. The first-order valence-corrected chi connectivity index (χ1v) is 4.35. The Kier molecular flexibility index (Phi) is 2.45. The number of hydrogen-bond donors (Lipinski definition) is 0. The molecule has 0 atom stereocenters. The van der Waals surface area contributed by atoms with Gasteiger partial charge in [0.05, 0.1) is 30.8 Å². The molecule has 0 aliphatic heterocycles. The molecule has 15 heavy (non-hydrogen) atoms. The largest absolute Gasteiger partial charge is 0.496 e. The van der Waals surface area contributed by atoms with Gasteiger partial charge in [0.15, 0.2) is 6.29 Å². The highest BCUT2D eigenvalue weighted by molar-refractivity contribution is 5.80. The second-order valence-corrected chi connectivity index (χ2v) is 2.89. The van der Waals surface area contributed by atoms with E-state index in [4.69, 9.17) is 4.74 Å². The number of hydrogen-bond acceptors (Lipinski definition) is 4. The van der Waals surface area contributed by atoms with Gasteiger partial charge in [-0.1, -0.05) is 5.21 Å². The smallest absolute Gasteiger partial charge is 0.153 e. The summed E-state index contributed by atoms with van der Waals surface area (Å²) in [4.78, 5) is 10.8. The number of carbonyl (C=O) groups excluding carboxylic acids is 1. The maximum atomic E-state index is 10.8. The predicted molar refractivity (Wildman–Crippen MR) is 53.3 cm³/mol. The van der Waals surface area contributed by atoms with E-state index < -0.39 is 0 Å². The molecule has 0 unspecified atom stereocenters. The lowest BCUT2D eigenvalue weighted by atomic mass is 10.2. The van der Waals surface area contributed by atoms with Crippen LogP contribution in [0.4, 0.5) is 0 Å². The van der Waals surface area contributed by atoms with E-state index in [9.17, 15) is 4.79 Å². The van der Waals surface area contributed by atoms with Gasteiger partial charge in [0.2, 0.25) is 0 Å². The van der Waals surface area contributed by atoms with Crippen molar-refractivity contribution < 1.29 is 9.53 Å². The van der Waals surface area contributed by atoms with Gasteiger partial charge in [0.1, 0.15) is 5.75 Å². The third kappa shape index (κ3) is 1.71. The van der Waals surface area contributed by atoms with Crippen LogP contribution in [-0.2, 0) is 0 Å². The van der Waals surface area contributed by atoms with Crippen LogP contribution < -0.4 is 4.74 Å². The van der Waals surface area contributed by atoms with E-state index in [1.165, 1.54) is 7.11 Å². The summed E-state index contributed by atoms with van der Waals surface area (Å²) in [6, 6.07) is 5.22. The average Bonchev–Trinajstić information content (AvgIpc) is 2.81. The molecule has 0 bridgehead atoms. The molecule has 0 aliphatic rings. The Balaban J connectivity index is 2.48. The summed E-state index contributed by atoms with van der Waals surface area (Å²) in [6.07, 6.45) is 4.03. The molecule has 5 heteroatoms. The Morgan fingerprint density at radius 1 is 1.47 bits per heavy atom. The van der Waals surface area contributed by atoms with Crippen molar-refractivity contribution in [3.63, 3.8) is 0 Å². The number of aromatic nitrogens is 3. The van der Waals surface area contributed by atoms with Crippen LogP contribution >= 0.6 is 0 Å². The fourth-order valence-electron chi connectivity index (χ4n) is 1.30. The van der Waals surface area contributed by atoms with E-state index >= 15 is 0 Å². The van der Waals surface area contributed by atoms with E-state index in [0.29, 0.717) is 11.3 Å². The number of carbonyl (C=O) groups is 1. The normalized spacial score (nSPS) is 9.93. The first-order valence-electron chi connectivity index (χ1n) is 4.35. The molecule has 0 saturated heterocycles. The monoisotopic (exact) mass is 203 g/mol. The number of aldehydes is 1. The second kappa shape index (κ2) is 3.91. The lowest BCUT2D eigenvalue weighted by molar-refractivity contribution is 0.112. The van der Waals surface area contributed by atoms with Crippen LogP contribution in [-0.4, -0.2) is 28.4 Å². The Hall–Kier alpha value is -2.17. The second-order valence-electron chi connectivity index (χ2n) is 2.89. The SMILES string of the molecule is COc1ccc(-n2ccnn2)cc1C=O. The number of benzene rings is 1. The molecule has 1 heterocycles.